The SMILES string of the molecule is C=NCS/C=C(\N=C)c1csc(-c2ccc(S(=O)NCCCC)cc2)n1. The Labute approximate surface area is 165 Å². The van der Waals surface area contributed by atoms with Gasteiger partial charge in [0.05, 0.1) is 16.5 Å². The average Bonchev–Trinajstić information content (AvgIpc) is 3.15. The molecule has 0 saturated heterocycles. The number of benzene rings is 1. The Hall–Kier alpha value is -1.61. The Morgan fingerprint density at radius 1 is 1.38 bits per heavy atom. The predicted molar refractivity (Wildman–Crippen MR) is 116 cm³/mol. The number of nitrogens with one attached hydrogen (secondary N) is 1. The van der Waals surface area contributed by atoms with Crippen LogP contribution >= 0.6 is 23.1 Å². The summed E-state index contributed by atoms with van der Waals surface area (Å²) in [5, 5.41) is 4.72. The van der Waals surface area contributed by atoms with Crippen LogP contribution in [0.2, 0.25) is 0 Å². The quantitative estimate of drug-likeness (QED) is 0.438. The Balaban J connectivity index is 2.09. The van der Waals surface area contributed by atoms with Gasteiger partial charge in [0, 0.05) is 22.9 Å². The standard InChI is InChI=1S/C18H22N4OS3/c1-4-5-10-21-26(23)15-8-6-14(7-9-15)18-22-17(12-25-18)16(20-3)11-24-13-19-2/h6-9,11-12,21H,2-5,10,13H2,1H3/b16-11-. The van der Waals surface area contributed by atoms with Crippen molar-refractivity contribution in [2.75, 3.05) is 12.4 Å². The minimum atomic E-state index is -1.17. The first-order valence-electron chi connectivity index (χ1n) is 8.12. The molecule has 138 valence electrons. The maximum absolute atomic E-state index is 12.2. The van der Waals surface area contributed by atoms with Crippen molar-refractivity contribution < 1.29 is 4.21 Å². The second-order valence-corrected chi connectivity index (χ2v) is 8.24. The number of aromatic nitrogens is 1. The van der Waals surface area contributed by atoms with Gasteiger partial charge in [0.25, 0.3) is 0 Å². The first-order valence-corrected chi connectivity index (χ1v) is 11.2. The van der Waals surface area contributed by atoms with Crippen LogP contribution in [0.15, 0.2) is 49.9 Å². The van der Waals surface area contributed by atoms with E-state index in [-0.39, 0.29) is 0 Å². The Morgan fingerprint density at radius 2 is 2.15 bits per heavy atom. The molecule has 1 aromatic carbocycles. The van der Waals surface area contributed by atoms with Gasteiger partial charge >= 0.3 is 0 Å². The maximum Gasteiger partial charge on any atom is 0.124 e. The van der Waals surface area contributed by atoms with Crippen LogP contribution < -0.4 is 4.72 Å². The van der Waals surface area contributed by atoms with E-state index in [9.17, 15) is 4.21 Å². The lowest BCUT2D eigenvalue weighted by Gasteiger charge is -2.04. The summed E-state index contributed by atoms with van der Waals surface area (Å²) in [7, 11) is -1.17. The molecule has 0 saturated carbocycles. The Bertz CT molecular complexity index is 784. The van der Waals surface area contributed by atoms with Crippen molar-refractivity contribution in [2.24, 2.45) is 9.98 Å². The van der Waals surface area contributed by atoms with Crippen molar-refractivity contribution >= 4 is 53.2 Å². The number of hydrogen-bond donors (Lipinski definition) is 1. The summed E-state index contributed by atoms with van der Waals surface area (Å²) in [6, 6.07) is 7.63. The van der Waals surface area contributed by atoms with E-state index >= 15 is 0 Å². The van der Waals surface area contributed by atoms with Crippen LogP contribution in [-0.4, -0.2) is 35.0 Å². The highest BCUT2D eigenvalue weighted by molar-refractivity contribution is 8.02. The van der Waals surface area contributed by atoms with Gasteiger partial charge in [-0.1, -0.05) is 25.5 Å². The van der Waals surface area contributed by atoms with Crippen molar-refractivity contribution in [3.05, 3.63) is 40.7 Å². The van der Waals surface area contributed by atoms with Crippen LogP contribution in [0.1, 0.15) is 25.5 Å². The third kappa shape index (κ3) is 5.98. The largest absolute Gasteiger partial charge is 0.290 e. The van der Waals surface area contributed by atoms with Crippen LogP contribution in [0.4, 0.5) is 0 Å². The number of rotatable bonds is 11. The van der Waals surface area contributed by atoms with Crippen LogP contribution in [-0.2, 0) is 11.0 Å². The van der Waals surface area contributed by atoms with Gasteiger partial charge in [-0.05, 0) is 32.0 Å². The van der Waals surface area contributed by atoms with Crippen LogP contribution in [0.3, 0.4) is 0 Å². The van der Waals surface area contributed by atoms with Crippen molar-refractivity contribution in [2.45, 2.75) is 24.7 Å². The minimum Gasteiger partial charge on any atom is -0.290 e. The third-order valence-corrected chi connectivity index (χ3v) is 6.16. The van der Waals surface area contributed by atoms with E-state index in [0.717, 1.165) is 46.2 Å². The fraction of sp³-hybridized carbons (Fsp3) is 0.278. The van der Waals surface area contributed by atoms with Gasteiger partial charge in [0.15, 0.2) is 0 Å². The minimum absolute atomic E-state index is 0.570. The molecule has 0 aliphatic heterocycles. The number of unbranched alkanes of at least 4 members (excludes halogenated alkanes) is 1. The summed E-state index contributed by atoms with van der Waals surface area (Å²) in [6.45, 7) is 9.92. The van der Waals surface area contributed by atoms with Gasteiger partial charge in [0.1, 0.15) is 21.7 Å². The van der Waals surface area contributed by atoms with E-state index in [2.05, 4.69) is 40.0 Å². The molecule has 0 radical (unpaired) electrons. The molecule has 1 heterocycles. The molecule has 1 N–H and O–H groups in total. The first-order chi connectivity index (χ1) is 12.7. The van der Waals surface area contributed by atoms with Crippen molar-refractivity contribution in [1.82, 2.24) is 9.71 Å². The molecule has 8 heteroatoms. The zero-order valence-electron chi connectivity index (χ0n) is 14.7. The van der Waals surface area contributed by atoms with Crippen molar-refractivity contribution in [3.63, 3.8) is 0 Å². The van der Waals surface area contributed by atoms with E-state index < -0.39 is 11.0 Å². The molecule has 5 nitrogen and oxygen atoms in total. The third-order valence-electron chi connectivity index (χ3n) is 3.38. The Morgan fingerprint density at radius 3 is 2.81 bits per heavy atom. The topological polar surface area (TPSA) is 66.7 Å². The molecule has 0 spiro atoms. The smallest absolute Gasteiger partial charge is 0.124 e. The van der Waals surface area contributed by atoms with Crippen LogP contribution in [0.5, 0.6) is 0 Å². The molecule has 0 fully saturated rings. The number of thioether (sulfide) groups is 1. The molecule has 0 aliphatic rings. The average molecular weight is 407 g/mol. The van der Waals surface area contributed by atoms with E-state index in [4.69, 9.17) is 0 Å². The number of hydrogen-bond acceptors (Lipinski definition) is 6. The number of thiazole rings is 1. The highest BCUT2D eigenvalue weighted by Crippen LogP contribution is 2.28. The number of nitrogens with zero attached hydrogens (tertiary/aromatic N) is 3. The molecule has 0 bridgehead atoms. The molecular formula is C18H22N4OS3. The summed E-state index contributed by atoms with van der Waals surface area (Å²) < 4.78 is 15.2. The summed E-state index contributed by atoms with van der Waals surface area (Å²) >= 11 is 3.04. The fourth-order valence-corrected chi connectivity index (χ4v) is 4.25. The molecule has 2 rings (SSSR count). The molecule has 26 heavy (non-hydrogen) atoms. The summed E-state index contributed by atoms with van der Waals surface area (Å²) in [5.74, 6) is 0.570. The lowest BCUT2D eigenvalue weighted by atomic mass is 10.2. The highest BCUT2D eigenvalue weighted by Gasteiger charge is 2.09. The van der Waals surface area contributed by atoms with Gasteiger partial charge in [-0.3, -0.25) is 9.98 Å². The van der Waals surface area contributed by atoms with Gasteiger partial charge in [0.2, 0.25) is 0 Å². The number of aliphatic imine (C=N–C) groups is 2. The summed E-state index contributed by atoms with van der Waals surface area (Å²) in [6.07, 6.45) is 2.09. The fourth-order valence-electron chi connectivity index (χ4n) is 2.02. The van der Waals surface area contributed by atoms with E-state index in [0.29, 0.717) is 5.88 Å². The van der Waals surface area contributed by atoms with Crippen molar-refractivity contribution in [3.8, 4) is 10.6 Å². The molecule has 0 amide bonds. The molecular weight excluding hydrogens is 384 g/mol. The zero-order chi connectivity index (χ0) is 18.8. The van der Waals surface area contributed by atoms with Gasteiger partial charge < -0.3 is 0 Å². The van der Waals surface area contributed by atoms with Crippen LogP contribution in [0, 0.1) is 0 Å². The predicted octanol–water partition coefficient (Wildman–Crippen LogP) is 4.61. The van der Waals surface area contributed by atoms with E-state index in [1.165, 1.54) is 11.8 Å². The van der Waals surface area contributed by atoms with Crippen LogP contribution in [0.25, 0.3) is 16.3 Å². The normalized spacial score (nSPS) is 12.7. The van der Waals surface area contributed by atoms with E-state index in [1.54, 1.807) is 11.3 Å². The molecule has 1 aromatic heterocycles. The first kappa shape index (κ1) is 20.7. The lowest BCUT2D eigenvalue weighted by Crippen LogP contribution is -2.18. The molecule has 2 aromatic rings. The second-order valence-electron chi connectivity index (χ2n) is 5.26. The maximum atomic E-state index is 12.2. The van der Waals surface area contributed by atoms with Gasteiger partial charge in [-0.15, -0.1) is 23.1 Å². The molecule has 0 aliphatic carbocycles. The highest BCUT2D eigenvalue weighted by atomic mass is 32.2. The lowest BCUT2D eigenvalue weighted by molar-refractivity contribution is 0.665. The molecule has 1 unspecified atom stereocenters. The van der Waals surface area contributed by atoms with Gasteiger partial charge in [-0.2, -0.15) is 0 Å². The zero-order valence-corrected chi connectivity index (χ0v) is 17.1. The van der Waals surface area contributed by atoms with E-state index in [1.807, 2.05) is 35.1 Å². The second kappa shape index (κ2) is 11.2. The Kier molecular flexibility index (Phi) is 8.90. The monoisotopic (exact) mass is 406 g/mol. The summed E-state index contributed by atoms with van der Waals surface area (Å²) in [4.78, 5) is 13.2. The molecule has 1 atom stereocenters. The summed E-state index contributed by atoms with van der Waals surface area (Å²) in [5.41, 5.74) is 2.49. The van der Waals surface area contributed by atoms with Gasteiger partial charge in [-0.25, -0.2) is 13.9 Å². The van der Waals surface area contributed by atoms with Crippen molar-refractivity contribution in [1.29, 1.82) is 0 Å².